The lowest BCUT2D eigenvalue weighted by Crippen LogP contribution is -2.56. The number of thioether (sulfide) groups is 1. The molecule has 0 bridgehead atoms. The van der Waals surface area contributed by atoms with Gasteiger partial charge in [0.1, 0.15) is 12.6 Å². The van der Waals surface area contributed by atoms with Crippen molar-refractivity contribution >= 4 is 39.3 Å². The predicted octanol–water partition coefficient (Wildman–Crippen LogP) is 6.47. The highest BCUT2D eigenvalue weighted by molar-refractivity contribution is 7.98. The van der Waals surface area contributed by atoms with Crippen LogP contribution in [0.1, 0.15) is 37.5 Å². The van der Waals surface area contributed by atoms with Crippen LogP contribution in [0.4, 0.5) is 5.69 Å². The topological polar surface area (TPSA) is 86.8 Å². The molecule has 0 radical (unpaired) electrons. The first-order chi connectivity index (χ1) is 21.4. The Hall–Kier alpha value is -4.08. The van der Waals surface area contributed by atoms with Gasteiger partial charge in [-0.2, -0.15) is 0 Å². The van der Waals surface area contributed by atoms with Crippen molar-refractivity contribution in [1.82, 2.24) is 10.2 Å². The third-order valence-electron chi connectivity index (χ3n) is 7.21. The fourth-order valence-electron chi connectivity index (χ4n) is 4.90. The number of benzene rings is 4. The summed E-state index contributed by atoms with van der Waals surface area (Å²) >= 11 is 1.51. The van der Waals surface area contributed by atoms with E-state index in [1.165, 1.54) is 16.7 Å². The molecule has 1 N–H and O–H groups in total. The molecule has 2 amide bonds. The van der Waals surface area contributed by atoms with Gasteiger partial charge in [0.2, 0.25) is 11.8 Å². The second-order valence-electron chi connectivity index (χ2n) is 12.0. The fraction of sp³-hybridized carbons (Fsp3) is 0.278. The number of amides is 2. The first-order valence-electron chi connectivity index (χ1n) is 14.8. The number of carbonyl (C=O) groups excluding carboxylic acids is 2. The molecule has 4 aromatic carbocycles. The van der Waals surface area contributed by atoms with Gasteiger partial charge in [-0.05, 0) is 81.5 Å². The van der Waals surface area contributed by atoms with Gasteiger partial charge in [0.05, 0.1) is 10.6 Å². The largest absolute Gasteiger partial charge is 0.350 e. The van der Waals surface area contributed by atoms with Gasteiger partial charge < -0.3 is 10.2 Å². The maximum Gasteiger partial charge on any atom is 0.264 e. The number of aryl methyl sites for hydroxylation is 1. The number of nitrogens with zero attached hydrogens (tertiary/aromatic N) is 2. The molecule has 7 nitrogen and oxygen atoms in total. The van der Waals surface area contributed by atoms with Gasteiger partial charge in [0, 0.05) is 23.4 Å². The molecule has 0 saturated carbocycles. The molecule has 9 heteroatoms. The third-order valence-corrected chi connectivity index (χ3v) is 9.74. The molecular formula is C36H41N3O4S2. The predicted molar refractivity (Wildman–Crippen MR) is 183 cm³/mol. The molecule has 0 fully saturated rings. The number of hydrogen-bond donors (Lipinski definition) is 1. The smallest absolute Gasteiger partial charge is 0.264 e. The van der Waals surface area contributed by atoms with E-state index in [1.54, 1.807) is 36.4 Å². The molecule has 0 heterocycles. The van der Waals surface area contributed by atoms with Crippen molar-refractivity contribution in [2.24, 2.45) is 0 Å². The maximum atomic E-state index is 14.5. The van der Waals surface area contributed by atoms with E-state index < -0.39 is 34.1 Å². The zero-order valence-electron chi connectivity index (χ0n) is 26.4. The summed E-state index contributed by atoms with van der Waals surface area (Å²) in [6.07, 6.45) is 2.18. The van der Waals surface area contributed by atoms with E-state index in [9.17, 15) is 18.0 Å². The molecule has 0 aliphatic carbocycles. The van der Waals surface area contributed by atoms with Crippen molar-refractivity contribution in [3.63, 3.8) is 0 Å². The van der Waals surface area contributed by atoms with Gasteiger partial charge in [-0.25, -0.2) is 8.42 Å². The standard InChI is InChI=1S/C36H41N3O4S2/c1-27-16-18-30(19-17-27)39(45(42,43)32-22-20-31(44-5)21-23-32)26-34(40)38(25-29-14-10-7-11-15-29)33(35(41)37-36(2,3)4)24-28-12-8-6-9-13-28/h6-23,33H,24-26H2,1-5H3,(H,37,41). The summed E-state index contributed by atoms with van der Waals surface area (Å²) in [5.74, 6) is -0.804. The number of rotatable bonds is 12. The van der Waals surface area contributed by atoms with Crippen LogP contribution >= 0.6 is 11.8 Å². The monoisotopic (exact) mass is 643 g/mol. The molecule has 0 aromatic heterocycles. The molecule has 1 unspecified atom stereocenters. The van der Waals surface area contributed by atoms with Crippen LogP contribution in [-0.4, -0.2) is 49.5 Å². The van der Waals surface area contributed by atoms with Crippen molar-refractivity contribution in [2.75, 3.05) is 17.1 Å². The summed E-state index contributed by atoms with van der Waals surface area (Å²) in [7, 11) is -4.15. The normalized spacial score (nSPS) is 12.3. The fourth-order valence-corrected chi connectivity index (χ4v) is 6.72. The minimum absolute atomic E-state index is 0.0783. The van der Waals surface area contributed by atoms with Crippen LogP contribution in [0, 0.1) is 6.92 Å². The molecule has 45 heavy (non-hydrogen) atoms. The van der Waals surface area contributed by atoms with Crippen molar-refractivity contribution < 1.29 is 18.0 Å². The number of sulfonamides is 1. The summed E-state index contributed by atoms with van der Waals surface area (Å²) in [4.78, 5) is 31.0. The third kappa shape index (κ3) is 9.22. The van der Waals surface area contributed by atoms with Crippen LogP contribution < -0.4 is 9.62 Å². The lowest BCUT2D eigenvalue weighted by Gasteiger charge is -2.35. The average molecular weight is 644 g/mol. The lowest BCUT2D eigenvalue weighted by atomic mass is 10.0. The summed E-state index contributed by atoms with van der Waals surface area (Å²) in [6, 6.07) is 31.7. The highest BCUT2D eigenvalue weighted by Crippen LogP contribution is 2.27. The zero-order valence-corrected chi connectivity index (χ0v) is 28.1. The number of anilines is 1. The summed E-state index contributed by atoms with van der Waals surface area (Å²) in [5.41, 5.74) is 2.48. The zero-order chi connectivity index (χ0) is 32.6. The molecule has 236 valence electrons. The van der Waals surface area contributed by atoms with Crippen LogP contribution in [0.3, 0.4) is 0 Å². The number of nitrogens with one attached hydrogen (secondary N) is 1. The highest BCUT2D eigenvalue weighted by atomic mass is 32.2. The molecule has 0 aliphatic heterocycles. The van der Waals surface area contributed by atoms with E-state index in [1.807, 2.05) is 107 Å². The first-order valence-corrected chi connectivity index (χ1v) is 17.5. The van der Waals surface area contributed by atoms with Gasteiger partial charge in [-0.3, -0.25) is 13.9 Å². The summed E-state index contributed by atoms with van der Waals surface area (Å²) in [6.45, 7) is 7.22. The van der Waals surface area contributed by atoms with Crippen LogP contribution in [0.25, 0.3) is 0 Å². The van der Waals surface area contributed by atoms with Crippen LogP contribution in [-0.2, 0) is 32.6 Å². The minimum atomic E-state index is -4.15. The summed E-state index contributed by atoms with van der Waals surface area (Å²) < 4.78 is 29.5. The van der Waals surface area contributed by atoms with E-state index in [2.05, 4.69) is 5.32 Å². The Morgan fingerprint density at radius 1 is 0.800 bits per heavy atom. The van der Waals surface area contributed by atoms with Crippen molar-refractivity contribution in [3.05, 3.63) is 126 Å². The van der Waals surface area contributed by atoms with Gasteiger partial charge >= 0.3 is 0 Å². The van der Waals surface area contributed by atoms with E-state index >= 15 is 0 Å². The number of carbonyl (C=O) groups is 2. The summed E-state index contributed by atoms with van der Waals surface area (Å²) in [5, 5.41) is 3.05. The second kappa shape index (κ2) is 14.8. The van der Waals surface area contributed by atoms with E-state index in [-0.39, 0.29) is 23.8 Å². The Bertz CT molecular complexity index is 1670. The lowest BCUT2D eigenvalue weighted by molar-refractivity contribution is -0.140. The van der Waals surface area contributed by atoms with E-state index in [0.717, 1.165) is 25.9 Å². The van der Waals surface area contributed by atoms with Crippen LogP contribution in [0.5, 0.6) is 0 Å². The first kappa shape index (κ1) is 33.8. The van der Waals surface area contributed by atoms with E-state index in [4.69, 9.17) is 0 Å². The molecule has 0 aliphatic rings. The highest BCUT2D eigenvalue weighted by Gasteiger charge is 2.35. The Morgan fingerprint density at radius 2 is 1.36 bits per heavy atom. The minimum Gasteiger partial charge on any atom is -0.350 e. The van der Waals surface area contributed by atoms with Crippen molar-refractivity contribution in [3.8, 4) is 0 Å². The number of hydrogen-bond acceptors (Lipinski definition) is 5. The molecular weight excluding hydrogens is 603 g/mol. The van der Waals surface area contributed by atoms with Gasteiger partial charge in [0.15, 0.2) is 0 Å². The Kier molecular flexibility index (Phi) is 11.1. The quantitative estimate of drug-likeness (QED) is 0.179. The second-order valence-corrected chi connectivity index (χ2v) is 14.7. The van der Waals surface area contributed by atoms with Gasteiger partial charge in [-0.1, -0.05) is 78.4 Å². The Labute approximate surface area is 271 Å². The molecule has 1 atom stereocenters. The molecule has 4 aromatic rings. The molecule has 4 rings (SSSR count). The van der Waals surface area contributed by atoms with Crippen LogP contribution in [0.15, 0.2) is 119 Å². The van der Waals surface area contributed by atoms with Gasteiger partial charge in [-0.15, -0.1) is 11.8 Å². The Balaban J connectivity index is 1.80. The SMILES string of the molecule is CSc1ccc(S(=O)(=O)N(CC(=O)N(Cc2ccccc2)C(Cc2ccccc2)C(=O)NC(C)(C)C)c2ccc(C)cc2)cc1. The average Bonchev–Trinajstić information content (AvgIpc) is 3.02. The van der Waals surface area contributed by atoms with Gasteiger partial charge in [0.25, 0.3) is 10.0 Å². The van der Waals surface area contributed by atoms with E-state index in [0.29, 0.717) is 5.69 Å². The maximum absolute atomic E-state index is 14.5. The van der Waals surface area contributed by atoms with Crippen molar-refractivity contribution in [1.29, 1.82) is 0 Å². The Morgan fingerprint density at radius 3 is 1.89 bits per heavy atom. The van der Waals surface area contributed by atoms with Crippen molar-refractivity contribution in [2.45, 2.75) is 62.0 Å². The molecule has 0 saturated heterocycles. The molecule has 0 spiro atoms. The van der Waals surface area contributed by atoms with Crippen LogP contribution in [0.2, 0.25) is 0 Å².